The molecule has 1 atom stereocenters. The van der Waals surface area contributed by atoms with E-state index in [4.69, 9.17) is 9.84 Å². The Labute approximate surface area is 148 Å². The Hall–Kier alpha value is -1.53. The number of nitrogens with one attached hydrogen (secondary N) is 1. The molecule has 1 aromatic carbocycles. The third-order valence-corrected chi connectivity index (χ3v) is 4.24. The maximum atomic E-state index is 12.1. The summed E-state index contributed by atoms with van der Waals surface area (Å²) in [5.41, 5.74) is 0.621. The van der Waals surface area contributed by atoms with Gasteiger partial charge in [0.2, 0.25) is 0 Å². The van der Waals surface area contributed by atoms with Gasteiger partial charge in [0.15, 0.2) is 5.78 Å². The monoisotopic (exact) mass is 353 g/mol. The molecule has 0 fully saturated rings. The van der Waals surface area contributed by atoms with E-state index in [0.717, 1.165) is 24.3 Å². The molecular weight excluding hydrogens is 326 g/mol. The smallest absolute Gasteiger partial charge is 0.320 e. The molecule has 1 aromatic rings. The van der Waals surface area contributed by atoms with Gasteiger partial charge in [0, 0.05) is 18.5 Å². The van der Waals surface area contributed by atoms with Crippen LogP contribution in [0.15, 0.2) is 24.3 Å². The molecule has 0 amide bonds. The number of ether oxygens (including phenoxy) is 1. The SMILES string of the molecule is CCCCOc1ccc(C(=O)CCNC(CCSC)C(=O)O)cc1. The van der Waals surface area contributed by atoms with Crippen molar-refractivity contribution in [3.63, 3.8) is 0 Å². The van der Waals surface area contributed by atoms with E-state index in [2.05, 4.69) is 12.2 Å². The molecule has 0 aliphatic rings. The van der Waals surface area contributed by atoms with E-state index in [1.165, 1.54) is 0 Å². The van der Waals surface area contributed by atoms with Crippen LogP contribution in [-0.4, -0.2) is 48.1 Å². The number of carbonyl (C=O) groups is 2. The molecule has 0 bridgehead atoms. The van der Waals surface area contributed by atoms with Crippen LogP contribution in [0.1, 0.15) is 43.0 Å². The van der Waals surface area contributed by atoms with E-state index in [1.54, 1.807) is 36.0 Å². The lowest BCUT2D eigenvalue weighted by atomic mass is 10.1. The first-order chi connectivity index (χ1) is 11.6. The molecule has 1 rings (SSSR count). The van der Waals surface area contributed by atoms with E-state index < -0.39 is 12.0 Å². The quantitative estimate of drug-likeness (QED) is 0.419. The molecule has 0 saturated carbocycles. The fraction of sp³-hybridized carbons (Fsp3) is 0.556. The number of benzene rings is 1. The Bertz CT molecular complexity index is 504. The van der Waals surface area contributed by atoms with Crippen LogP contribution in [0.5, 0.6) is 5.75 Å². The van der Waals surface area contributed by atoms with Crippen LogP contribution in [0.4, 0.5) is 0 Å². The van der Waals surface area contributed by atoms with Gasteiger partial charge in [-0.25, -0.2) is 0 Å². The van der Waals surface area contributed by atoms with Crippen molar-refractivity contribution in [3.8, 4) is 5.75 Å². The predicted octanol–water partition coefficient (Wildman–Crippen LogP) is 3.23. The third kappa shape index (κ3) is 7.84. The minimum absolute atomic E-state index is 0.00314. The molecule has 0 saturated heterocycles. The Morgan fingerprint density at radius 1 is 1.29 bits per heavy atom. The maximum absolute atomic E-state index is 12.1. The number of rotatable bonds is 13. The number of carboxylic acids is 1. The summed E-state index contributed by atoms with van der Waals surface area (Å²) in [5, 5.41) is 12.1. The standard InChI is InChI=1S/C18H27NO4S/c1-3-4-12-23-15-7-5-14(6-8-15)17(20)9-11-19-16(18(21)22)10-13-24-2/h5-8,16,19H,3-4,9-13H2,1-2H3,(H,21,22). The largest absolute Gasteiger partial charge is 0.494 e. The topological polar surface area (TPSA) is 75.6 Å². The lowest BCUT2D eigenvalue weighted by Crippen LogP contribution is -2.38. The summed E-state index contributed by atoms with van der Waals surface area (Å²) in [6.07, 6.45) is 4.86. The second-order valence-corrected chi connectivity index (χ2v) is 6.51. The van der Waals surface area contributed by atoms with Crippen molar-refractivity contribution >= 4 is 23.5 Å². The molecule has 134 valence electrons. The van der Waals surface area contributed by atoms with Gasteiger partial charge < -0.3 is 15.2 Å². The third-order valence-electron chi connectivity index (χ3n) is 3.59. The van der Waals surface area contributed by atoms with Gasteiger partial charge in [-0.15, -0.1) is 0 Å². The van der Waals surface area contributed by atoms with Crippen molar-refractivity contribution in [2.45, 2.75) is 38.6 Å². The number of carboxylic acid groups (broad SMARTS) is 1. The van der Waals surface area contributed by atoms with Gasteiger partial charge in [-0.05, 0) is 49.1 Å². The van der Waals surface area contributed by atoms with Crippen LogP contribution in [-0.2, 0) is 4.79 Å². The molecule has 0 aliphatic heterocycles. The van der Waals surface area contributed by atoms with Crippen LogP contribution in [0.2, 0.25) is 0 Å². The first-order valence-electron chi connectivity index (χ1n) is 8.29. The predicted molar refractivity (Wildman–Crippen MR) is 98.2 cm³/mol. The molecule has 1 unspecified atom stereocenters. The summed E-state index contributed by atoms with van der Waals surface area (Å²) in [6, 6.07) is 6.52. The minimum atomic E-state index is -0.870. The van der Waals surface area contributed by atoms with E-state index in [-0.39, 0.29) is 12.2 Å². The molecule has 2 N–H and O–H groups in total. The van der Waals surface area contributed by atoms with Gasteiger partial charge in [-0.1, -0.05) is 13.3 Å². The minimum Gasteiger partial charge on any atom is -0.494 e. The van der Waals surface area contributed by atoms with Gasteiger partial charge in [0.25, 0.3) is 0 Å². The summed E-state index contributed by atoms with van der Waals surface area (Å²) in [5.74, 6) is 0.667. The average molecular weight is 353 g/mol. The summed E-state index contributed by atoms with van der Waals surface area (Å²) in [4.78, 5) is 23.3. The van der Waals surface area contributed by atoms with E-state index in [1.807, 2.05) is 6.26 Å². The number of aliphatic carboxylic acids is 1. The number of ketones is 1. The van der Waals surface area contributed by atoms with Crippen molar-refractivity contribution in [1.29, 1.82) is 0 Å². The van der Waals surface area contributed by atoms with Crippen LogP contribution in [0, 0.1) is 0 Å². The van der Waals surface area contributed by atoms with Crippen molar-refractivity contribution in [1.82, 2.24) is 5.32 Å². The first kappa shape index (κ1) is 20.5. The maximum Gasteiger partial charge on any atom is 0.320 e. The van der Waals surface area contributed by atoms with Crippen molar-refractivity contribution in [2.24, 2.45) is 0 Å². The number of hydrogen-bond acceptors (Lipinski definition) is 5. The van der Waals surface area contributed by atoms with Crippen LogP contribution >= 0.6 is 11.8 Å². The van der Waals surface area contributed by atoms with E-state index in [0.29, 0.717) is 25.1 Å². The van der Waals surface area contributed by atoms with Gasteiger partial charge >= 0.3 is 5.97 Å². The Morgan fingerprint density at radius 3 is 2.58 bits per heavy atom. The first-order valence-corrected chi connectivity index (χ1v) is 9.69. The molecule has 6 heteroatoms. The summed E-state index contributed by atoms with van der Waals surface area (Å²) in [6.45, 7) is 3.15. The number of thioether (sulfide) groups is 1. The van der Waals surface area contributed by atoms with E-state index >= 15 is 0 Å². The summed E-state index contributed by atoms with van der Waals surface area (Å²) in [7, 11) is 0. The number of carbonyl (C=O) groups excluding carboxylic acids is 1. The van der Waals surface area contributed by atoms with E-state index in [9.17, 15) is 9.59 Å². The van der Waals surface area contributed by atoms with Crippen molar-refractivity contribution < 1.29 is 19.4 Å². The molecule has 5 nitrogen and oxygen atoms in total. The lowest BCUT2D eigenvalue weighted by Gasteiger charge is -2.13. The van der Waals surface area contributed by atoms with Crippen LogP contribution in [0.25, 0.3) is 0 Å². The Kier molecular flexibility index (Phi) is 10.2. The number of unbranched alkanes of at least 4 members (excludes halogenated alkanes) is 1. The fourth-order valence-electron chi connectivity index (χ4n) is 2.12. The second kappa shape index (κ2) is 11.9. The molecule has 0 aliphatic carbocycles. The highest BCUT2D eigenvalue weighted by atomic mass is 32.2. The van der Waals surface area contributed by atoms with Gasteiger partial charge in [-0.2, -0.15) is 11.8 Å². The van der Waals surface area contributed by atoms with Crippen molar-refractivity contribution in [3.05, 3.63) is 29.8 Å². The summed E-state index contributed by atoms with van der Waals surface area (Å²) < 4.78 is 5.57. The van der Waals surface area contributed by atoms with Gasteiger partial charge in [0.05, 0.1) is 6.61 Å². The molecular formula is C18H27NO4S. The molecule has 0 heterocycles. The summed E-state index contributed by atoms with van der Waals surface area (Å²) >= 11 is 1.61. The number of hydrogen-bond donors (Lipinski definition) is 2. The Morgan fingerprint density at radius 2 is 2.00 bits per heavy atom. The zero-order chi connectivity index (χ0) is 17.8. The average Bonchev–Trinajstić information content (AvgIpc) is 2.58. The molecule has 0 radical (unpaired) electrons. The van der Waals surface area contributed by atoms with Crippen molar-refractivity contribution in [2.75, 3.05) is 25.2 Å². The van der Waals surface area contributed by atoms with Gasteiger partial charge in [0.1, 0.15) is 11.8 Å². The Balaban J connectivity index is 2.40. The van der Waals surface area contributed by atoms with Gasteiger partial charge in [-0.3, -0.25) is 9.59 Å². The molecule has 0 aromatic heterocycles. The molecule has 0 spiro atoms. The zero-order valence-electron chi connectivity index (χ0n) is 14.4. The number of Topliss-reactive ketones (excluding diaryl/α,β-unsaturated/α-hetero) is 1. The van der Waals surface area contributed by atoms with Crippen LogP contribution in [0.3, 0.4) is 0 Å². The highest BCUT2D eigenvalue weighted by molar-refractivity contribution is 7.98. The fourth-order valence-corrected chi connectivity index (χ4v) is 2.60. The highest BCUT2D eigenvalue weighted by Gasteiger charge is 2.16. The van der Waals surface area contributed by atoms with Crippen LogP contribution < -0.4 is 10.1 Å². The zero-order valence-corrected chi connectivity index (χ0v) is 15.2. The normalized spacial score (nSPS) is 11.9. The molecule has 24 heavy (non-hydrogen) atoms. The lowest BCUT2D eigenvalue weighted by molar-refractivity contribution is -0.139. The second-order valence-electron chi connectivity index (χ2n) is 5.53. The highest BCUT2D eigenvalue weighted by Crippen LogP contribution is 2.14.